The predicted octanol–water partition coefficient (Wildman–Crippen LogP) is 1.89. The summed E-state index contributed by atoms with van der Waals surface area (Å²) in [6.45, 7) is 5.83. The van der Waals surface area contributed by atoms with Gasteiger partial charge in [0.2, 0.25) is 0 Å². The zero-order chi connectivity index (χ0) is 11.1. The van der Waals surface area contributed by atoms with Crippen LogP contribution in [0.2, 0.25) is 0 Å². The van der Waals surface area contributed by atoms with Gasteiger partial charge in [0, 0.05) is 5.54 Å². The predicted molar refractivity (Wildman–Crippen MR) is 60.9 cm³/mol. The fourth-order valence-corrected chi connectivity index (χ4v) is 2.20. The Kier molecular flexibility index (Phi) is 3.02. The van der Waals surface area contributed by atoms with E-state index in [0.29, 0.717) is 0 Å². The molecule has 1 aliphatic rings. The Morgan fingerprint density at radius 2 is 1.94 bits per heavy atom. The van der Waals surface area contributed by atoms with Crippen LogP contribution in [-0.4, -0.2) is 32.2 Å². The van der Waals surface area contributed by atoms with Crippen molar-refractivity contribution >= 4 is 0 Å². The van der Waals surface area contributed by atoms with Crippen LogP contribution in [0.1, 0.15) is 16.7 Å². The fraction of sp³-hybridized carbons (Fsp3) is 0.538. The van der Waals surface area contributed by atoms with Crippen LogP contribution >= 0.6 is 0 Å². The maximum atomic E-state index is 5.38. The summed E-state index contributed by atoms with van der Waals surface area (Å²) in [5.74, 6) is 0. The Bertz CT molecular complexity index is 372. The summed E-state index contributed by atoms with van der Waals surface area (Å²) in [7, 11) is 4.23. The monoisotopic (exact) mass is 471 g/mol. The van der Waals surface area contributed by atoms with Crippen molar-refractivity contribution in [1.29, 1.82) is 0 Å². The molecule has 1 aromatic carbocycles. The van der Waals surface area contributed by atoms with Crippen molar-refractivity contribution in [2.24, 2.45) is 0 Å². The SMILES string of the molecule is Cc1[c-]cc(C2(N(C)C)COC2)c(C)c1.[Rf]. The molecule has 16 heavy (non-hydrogen) atoms. The minimum Gasteiger partial charge on any atom is -0.379 e. The van der Waals surface area contributed by atoms with E-state index in [1.54, 1.807) is 0 Å². The smallest absolute Gasteiger partial charge is 0.0607 e. The van der Waals surface area contributed by atoms with Crippen molar-refractivity contribution < 1.29 is 4.74 Å². The first kappa shape index (κ1) is 12.2. The van der Waals surface area contributed by atoms with Crippen LogP contribution < -0.4 is 0 Å². The van der Waals surface area contributed by atoms with Gasteiger partial charge in [-0.25, -0.2) is 0 Å². The largest absolute Gasteiger partial charge is 0.379 e. The summed E-state index contributed by atoms with van der Waals surface area (Å²) >= 11 is 0. The maximum Gasteiger partial charge on any atom is 0.0607 e. The molecule has 1 heterocycles. The van der Waals surface area contributed by atoms with Crippen molar-refractivity contribution in [3.05, 3.63) is 34.9 Å². The number of rotatable bonds is 2. The standard InChI is InChI=1S/C13H18NO.Rf/c1-10-5-6-12(11(2)7-10)13(14(3)4)8-15-9-13;/h6-7H,8-9H2,1-4H3;/q-1;. The van der Waals surface area contributed by atoms with E-state index in [9.17, 15) is 0 Å². The van der Waals surface area contributed by atoms with Crippen LogP contribution in [-0.2, 0) is 10.3 Å². The van der Waals surface area contributed by atoms with Crippen molar-refractivity contribution in [3.8, 4) is 0 Å². The van der Waals surface area contributed by atoms with Crippen LogP contribution in [0.25, 0.3) is 0 Å². The van der Waals surface area contributed by atoms with E-state index in [2.05, 4.69) is 51.0 Å². The first-order chi connectivity index (χ1) is 7.06. The molecule has 0 aliphatic carbocycles. The topological polar surface area (TPSA) is 12.5 Å². The van der Waals surface area contributed by atoms with Gasteiger partial charge in [0.1, 0.15) is 0 Å². The van der Waals surface area contributed by atoms with Gasteiger partial charge in [0.15, 0.2) is 0 Å². The summed E-state index contributed by atoms with van der Waals surface area (Å²) in [5, 5.41) is 0. The molecule has 0 saturated carbocycles. The molecule has 1 fully saturated rings. The molecule has 0 N–H and O–H groups in total. The number of likely N-dealkylation sites (N-methyl/N-ethyl adjacent to an activating group) is 1. The molecule has 1 aromatic rings. The van der Waals surface area contributed by atoms with Crippen molar-refractivity contribution in [3.63, 3.8) is 0 Å². The molecule has 0 amide bonds. The molecule has 0 unspecified atom stereocenters. The van der Waals surface area contributed by atoms with Crippen LogP contribution in [0.15, 0.2) is 12.1 Å². The molecule has 1 saturated heterocycles. The van der Waals surface area contributed by atoms with Gasteiger partial charge in [-0.2, -0.15) is 29.3 Å². The molecule has 0 atom stereocenters. The van der Waals surface area contributed by atoms with Gasteiger partial charge in [0.25, 0.3) is 0 Å². The molecule has 0 bridgehead atoms. The molecular formula is C13H18NORf-. The number of nitrogens with zero attached hydrogens (tertiary/aromatic N) is 1. The van der Waals surface area contributed by atoms with E-state index in [1.807, 2.05) is 0 Å². The van der Waals surface area contributed by atoms with Crippen LogP contribution in [0.4, 0.5) is 0 Å². The summed E-state index contributed by atoms with van der Waals surface area (Å²) in [4.78, 5) is 2.25. The van der Waals surface area contributed by atoms with Gasteiger partial charge >= 0.3 is 0 Å². The van der Waals surface area contributed by atoms with Gasteiger partial charge in [-0.1, -0.05) is 13.8 Å². The third kappa shape index (κ3) is 1.55. The average Bonchev–Trinajstić information content (AvgIpc) is 2.05. The first-order valence-electron chi connectivity index (χ1n) is 5.31. The molecule has 84 valence electrons. The number of benzene rings is 1. The fourth-order valence-electron chi connectivity index (χ4n) is 2.20. The molecule has 0 aromatic heterocycles. The van der Waals surface area contributed by atoms with Gasteiger partial charge in [0.05, 0.1) is 13.2 Å². The quantitative estimate of drug-likeness (QED) is 0.612. The summed E-state index contributed by atoms with van der Waals surface area (Å²) < 4.78 is 5.38. The zero-order valence-electron chi connectivity index (χ0n) is 10.6. The van der Waals surface area contributed by atoms with Crippen molar-refractivity contribution in [2.45, 2.75) is 19.4 Å². The molecule has 1 aliphatic heterocycles. The number of hydrogen-bond acceptors (Lipinski definition) is 2. The Balaban J connectivity index is 0.00000128. The third-order valence-corrected chi connectivity index (χ3v) is 3.34. The Labute approximate surface area is 91.9 Å². The minimum absolute atomic E-state index is 0. The summed E-state index contributed by atoms with van der Waals surface area (Å²) in [6.07, 6.45) is 0. The van der Waals surface area contributed by atoms with E-state index < -0.39 is 0 Å². The Hall–Kier alpha value is -1.86. The second-order valence-corrected chi connectivity index (χ2v) is 4.63. The van der Waals surface area contributed by atoms with Gasteiger partial charge in [-0.3, -0.25) is 0 Å². The molecular weight excluding hydrogens is 453 g/mol. The van der Waals surface area contributed by atoms with E-state index in [1.165, 1.54) is 16.7 Å². The molecule has 3 heteroatoms. The zero-order valence-corrected chi connectivity index (χ0v) is 17.0. The first-order valence-corrected chi connectivity index (χ1v) is 5.31. The number of aryl methyl sites for hydroxylation is 2. The minimum atomic E-state index is 0. The maximum absolute atomic E-state index is 5.38. The Morgan fingerprint density at radius 1 is 1.31 bits per heavy atom. The van der Waals surface area contributed by atoms with Gasteiger partial charge in [-0.05, 0) is 14.1 Å². The van der Waals surface area contributed by atoms with Gasteiger partial charge < -0.3 is 9.64 Å². The van der Waals surface area contributed by atoms with Crippen LogP contribution in [0.5, 0.6) is 0 Å². The van der Waals surface area contributed by atoms with Crippen molar-refractivity contribution in [1.82, 2.24) is 4.90 Å². The van der Waals surface area contributed by atoms with E-state index in [4.69, 9.17) is 4.74 Å². The number of ether oxygens (including phenoxy) is 1. The van der Waals surface area contributed by atoms with Crippen LogP contribution in [0.3, 0.4) is 0 Å². The second-order valence-electron chi connectivity index (χ2n) is 4.63. The molecule has 0 spiro atoms. The summed E-state index contributed by atoms with van der Waals surface area (Å²) in [5.41, 5.74) is 3.96. The normalized spacial score (nSPS) is 17.8. The summed E-state index contributed by atoms with van der Waals surface area (Å²) in [6, 6.07) is 7.60. The Morgan fingerprint density at radius 3 is 2.31 bits per heavy atom. The molecule has 2 nitrogen and oxygen atoms in total. The third-order valence-electron chi connectivity index (χ3n) is 3.34. The molecule has 0 radical (unpaired) electrons. The van der Waals surface area contributed by atoms with Gasteiger partial charge in [-0.15, -0.1) is 5.56 Å². The van der Waals surface area contributed by atoms with Crippen molar-refractivity contribution in [2.75, 3.05) is 27.3 Å². The number of hydrogen-bond donors (Lipinski definition) is 0. The second kappa shape index (κ2) is 3.95. The average molecular weight is 471 g/mol. The molecule has 2 rings (SSSR count). The van der Waals surface area contributed by atoms with E-state index in [-0.39, 0.29) is 5.54 Å². The van der Waals surface area contributed by atoms with E-state index in [0.717, 1.165) is 13.2 Å². The van der Waals surface area contributed by atoms with E-state index >= 15 is 0 Å². The van der Waals surface area contributed by atoms with Crippen LogP contribution in [0, 0.1) is 19.9 Å².